The molecule has 0 saturated carbocycles. The lowest BCUT2D eigenvalue weighted by molar-refractivity contribution is -0.118. The van der Waals surface area contributed by atoms with Gasteiger partial charge in [-0.1, -0.05) is 23.9 Å². The third kappa shape index (κ3) is 4.39. The molecule has 31 heavy (non-hydrogen) atoms. The predicted molar refractivity (Wildman–Crippen MR) is 123 cm³/mol. The van der Waals surface area contributed by atoms with Crippen LogP contribution in [0.25, 0.3) is 11.0 Å². The minimum absolute atomic E-state index is 0.0468. The van der Waals surface area contributed by atoms with Crippen LogP contribution in [0.5, 0.6) is 5.75 Å². The Morgan fingerprint density at radius 2 is 1.84 bits per heavy atom. The van der Waals surface area contributed by atoms with Crippen molar-refractivity contribution in [3.05, 3.63) is 66.9 Å². The van der Waals surface area contributed by atoms with E-state index in [9.17, 15) is 24.3 Å². The Morgan fingerprint density at radius 1 is 1.13 bits per heavy atom. The maximum Gasteiger partial charge on any atom is 0.291 e. The van der Waals surface area contributed by atoms with Crippen LogP contribution in [-0.2, 0) is 11.2 Å². The Balaban J connectivity index is 1.53. The van der Waals surface area contributed by atoms with Crippen molar-refractivity contribution in [1.82, 2.24) is 5.32 Å². The van der Waals surface area contributed by atoms with Gasteiger partial charge in [-0.15, -0.1) is 0 Å². The number of rotatable bonds is 4. The Labute approximate surface area is 195 Å². The summed E-state index contributed by atoms with van der Waals surface area (Å²) in [5.41, 5.74) is 0.759. The van der Waals surface area contributed by atoms with Crippen LogP contribution in [-0.4, -0.2) is 27.4 Å². The summed E-state index contributed by atoms with van der Waals surface area (Å²) in [5, 5.41) is 14.1. The highest BCUT2D eigenvalue weighted by Gasteiger charge is 2.31. The van der Waals surface area contributed by atoms with Crippen molar-refractivity contribution < 1.29 is 23.9 Å². The summed E-state index contributed by atoms with van der Waals surface area (Å²) in [5.74, 6) is -1.45. The molecule has 8 nitrogen and oxygen atoms in total. The van der Waals surface area contributed by atoms with Gasteiger partial charge in [0.05, 0.1) is 14.2 Å². The van der Waals surface area contributed by atoms with Crippen LogP contribution in [0, 0.1) is 0 Å². The molecule has 2 aromatic carbocycles. The Hall–Kier alpha value is -2.63. The molecule has 1 atom stereocenters. The summed E-state index contributed by atoms with van der Waals surface area (Å²) in [6, 6.07) is 9.27. The topological polar surface area (TPSA) is 126 Å². The first-order valence-corrected chi connectivity index (χ1v) is 11.3. The lowest BCUT2D eigenvalue weighted by Gasteiger charge is -2.09. The maximum absolute atomic E-state index is 12.6. The summed E-state index contributed by atoms with van der Waals surface area (Å²) < 4.78 is 6.27. The van der Waals surface area contributed by atoms with Gasteiger partial charge in [-0.05, 0) is 62.0 Å². The molecule has 1 aromatic heterocycles. The number of anilines is 1. The molecule has 1 fully saturated rings. The fourth-order valence-corrected chi connectivity index (χ4v) is 5.12. The third-order valence-corrected chi connectivity index (χ3v) is 6.68. The minimum atomic E-state index is -0.641. The standard InChI is InChI=1S/C20H12Br2N2O6S/c21-10-6-11(22)17-15(16(10)26)12(25)7-13(30-17)18(27)23-9-3-1-8(2-4-9)5-14-19(28)24-20(29)31-14/h1-4,6-7,14,26H,5H2,(H,23,27)(H,24,28,29). The Morgan fingerprint density at radius 3 is 2.48 bits per heavy atom. The molecule has 158 valence electrons. The van der Waals surface area contributed by atoms with E-state index in [1.165, 1.54) is 6.07 Å². The first-order chi connectivity index (χ1) is 14.7. The van der Waals surface area contributed by atoms with Crippen LogP contribution in [0.3, 0.4) is 0 Å². The van der Waals surface area contributed by atoms with E-state index >= 15 is 0 Å². The summed E-state index contributed by atoms with van der Waals surface area (Å²) in [7, 11) is 0. The maximum atomic E-state index is 12.6. The molecule has 3 aromatic rings. The highest BCUT2D eigenvalue weighted by molar-refractivity contribution is 9.11. The molecular formula is C20H12Br2N2O6S. The number of hydrogen-bond acceptors (Lipinski definition) is 7. The van der Waals surface area contributed by atoms with E-state index in [4.69, 9.17) is 4.42 Å². The highest BCUT2D eigenvalue weighted by atomic mass is 79.9. The molecule has 3 amide bonds. The van der Waals surface area contributed by atoms with Crippen LogP contribution in [0.15, 0.2) is 54.6 Å². The second-order valence-electron chi connectivity index (χ2n) is 6.61. The lowest BCUT2D eigenvalue weighted by atomic mass is 10.1. The molecule has 1 aliphatic heterocycles. The molecule has 11 heteroatoms. The fraction of sp³-hybridized carbons (Fsp3) is 0.100. The lowest BCUT2D eigenvalue weighted by Crippen LogP contribution is -2.25. The van der Waals surface area contributed by atoms with Gasteiger partial charge in [0.2, 0.25) is 5.91 Å². The van der Waals surface area contributed by atoms with Gasteiger partial charge in [-0.25, -0.2) is 0 Å². The van der Waals surface area contributed by atoms with Gasteiger partial charge in [-0.3, -0.25) is 24.5 Å². The van der Waals surface area contributed by atoms with E-state index in [1.807, 2.05) is 0 Å². The van der Waals surface area contributed by atoms with Crippen LogP contribution in [0.4, 0.5) is 10.5 Å². The first kappa shape index (κ1) is 21.6. The van der Waals surface area contributed by atoms with Gasteiger partial charge in [-0.2, -0.15) is 0 Å². The number of fused-ring (bicyclic) bond motifs is 1. The summed E-state index contributed by atoms with van der Waals surface area (Å²) in [6.07, 6.45) is 0.378. The Kier molecular flexibility index (Phi) is 5.91. The number of thioether (sulfide) groups is 1. The largest absolute Gasteiger partial charge is 0.506 e. The highest BCUT2D eigenvalue weighted by Crippen LogP contribution is 2.36. The van der Waals surface area contributed by atoms with E-state index in [1.54, 1.807) is 24.3 Å². The van der Waals surface area contributed by atoms with Crippen molar-refractivity contribution in [2.24, 2.45) is 0 Å². The minimum Gasteiger partial charge on any atom is -0.506 e. The van der Waals surface area contributed by atoms with Crippen LogP contribution in [0.2, 0.25) is 0 Å². The molecule has 1 aliphatic rings. The number of carbonyl (C=O) groups is 3. The number of phenolic OH excluding ortho intramolecular Hbond substituents is 1. The van der Waals surface area contributed by atoms with E-state index in [-0.39, 0.29) is 33.6 Å². The van der Waals surface area contributed by atoms with Gasteiger partial charge in [0.25, 0.3) is 11.1 Å². The molecule has 1 unspecified atom stereocenters. The number of hydrogen-bond donors (Lipinski definition) is 3. The second-order valence-corrected chi connectivity index (χ2v) is 9.49. The van der Waals surface area contributed by atoms with Crippen LogP contribution < -0.4 is 16.1 Å². The van der Waals surface area contributed by atoms with Crippen molar-refractivity contribution >= 4 is 77.3 Å². The molecule has 0 aliphatic carbocycles. The average molecular weight is 568 g/mol. The number of benzene rings is 2. The van der Waals surface area contributed by atoms with Crippen molar-refractivity contribution in [2.75, 3.05) is 5.32 Å². The van der Waals surface area contributed by atoms with E-state index in [0.29, 0.717) is 21.1 Å². The monoisotopic (exact) mass is 566 g/mol. The normalized spacial score (nSPS) is 15.9. The molecule has 2 heterocycles. The zero-order chi connectivity index (χ0) is 22.3. The van der Waals surface area contributed by atoms with Crippen LogP contribution in [0.1, 0.15) is 16.1 Å². The van der Waals surface area contributed by atoms with E-state index < -0.39 is 16.6 Å². The van der Waals surface area contributed by atoms with Crippen molar-refractivity contribution in [2.45, 2.75) is 11.7 Å². The number of nitrogens with one attached hydrogen (secondary N) is 2. The number of imide groups is 1. The molecule has 1 saturated heterocycles. The molecular weight excluding hydrogens is 556 g/mol. The Bertz CT molecular complexity index is 1310. The summed E-state index contributed by atoms with van der Waals surface area (Å²) in [4.78, 5) is 48.0. The number of carbonyl (C=O) groups excluding carboxylic acids is 3. The molecule has 4 rings (SSSR count). The van der Waals surface area contributed by atoms with E-state index in [0.717, 1.165) is 23.4 Å². The zero-order valence-electron chi connectivity index (χ0n) is 15.4. The van der Waals surface area contributed by atoms with Crippen molar-refractivity contribution in [3.8, 4) is 5.75 Å². The quantitative estimate of drug-likeness (QED) is 0.432. The second kappa shape index (κ2) is 8.48. The van der Waals surface area contributed by atoms with Crippen LogP contribution >= 0.6 is 43.6 Å². The zero-order valence-corrected chi connectivity index (χ0v) is 19.4. The van der Waals surface area contributed by atoms with Gasteiger partial charge in [0, 0.05) is 11.8 Å². The molecule has 0 spiro atoms. The van der Waals surface area contributed by atoms with Crippen molar-refractivity contribution in [1.29, 1.82) is 0 Å². The van der Waals surface area contributed by atoms with Gasteiger partial charge in [0.15, 0.2) is 16.8 Å². The molecule has 0 bridgehead atoms. The van der Waals surface area contributed by atoms with Crippen molar-refractivity contribution in [3.63, 3.8) is 0 Å². The third-order valence-electron chi connectivity index (χ3n) is 4.50. The number of amides is 3. The fourth-order valence-electron chi connectivity index (χ4n) is 3.02. The number of halogens is 2. The summed E-state index contributed by atoms with van der Waals surface area (Å²) in [6.45, 7) is 0. The average Bonchev–Trinajstić information content (AvgIpc) is 3.03. The van der Waals surface area contributed by atoms with Gasteiger partial charge < -0.3 is 14.8 Å². The summed E-state index contributed by atoms with van der Waals surface area (Å²) >= 11 is 7.36. The predicted octanol–water partition coefficient (Wildman–Crippen LogP) is 4.17. The number of phenols is 1. The SMILES string of the molecule is O=C1NC(=O)C(Cc2ccc(NC(=O)c3cc(=O)c4c(O)c(Br)cc(Br)c4o3)cc2)S1. The molecule has 3 N–H and O–H groups in total. The first-order valence-electron chi connectivity index (χ1n) is 8.79. The van der Waals surface area contributed by atoms with Gasteiger partial charge >= 0.3 is 0 Å². The number of aromatic hydroxyl groups is 1. The molecule has 0 radical (unpaired) electrons. The van der Waals surface area contributed by atoms with Gasteiger partial charge in [0.1, 0.15) is 11.1 Å². The smallest absolute Gasteiger partial charge is 0.291 e. The van der Waals surface area contributed by atoms with E-state index in [2.05, 4.69) is 42.5 Å².